The number of phenolic OH excluding ortho intramolecular Hbond substituents is 8. The van der Waals surface area contributed by atoms with Crippen LogP contribution in [0.4, 0.5) is 0 Å². The number of methoxy groups -OCH3 is 1. The lowest BCUT2D eigenvalue weighted by molar-refractivity contribution is 0.0833. The fraction of sp³-hybridized carbons (Fsp3) is 0.354. The predicted octanol–water partition coefficient (Wildman–Crippen LogP) is 18.5. The van der Waals surface area contributed by atoms with Gasteiger partial charge in [-0.25, -0.2) is 0 Å². The molecule has 15 nitrogen and oxygen atoms in total. The molecule has 0 saturated heterocycles. The highest BCUT2D eigenvalue weighted by atomic mass is 16.5. The van der Waals surface area contributed by atoms with E-state index < -0.39 is 18.3 Å². The van der Waals surface area contributed by atoms with E-state index in [2.05, 4.69) is 59.8 Å². The van der Waals surface area contributed by atoms with Gasteiger partial charge < -0.3 is 59.8 Å². The molecule has 3 unspecified atom stereocenters. The summed E-state index contributed by atoms with van der Waals surface area (Å²) in [5.41, 5.74) is 13.4. The standard InChI is InChI=1S/C27H32O6.C26H30O5.C26H30O4/c1-15(2)7-6-8-16(3)9-10-19-20(28)13-23-25(27(19)31)21(29)14-22(33-23)18-11-17(4)26(30)24(12-18)32-5;1-15(2)6-5-7-16(3)8-11-19-21(28)13-24-25(26(19)30)22(29)14-23(31-24)18-10-9-17(4)20(27)12-18;1-16(2)6-5-7-17(3)10-13-20-21(27)14-24-25(26(20)29)22(28)15-23(30-24)19-11-8-18(4)9-12-19/h7,9,11-13,22,28,30-31H,6,8,10,14H2,1-5H3;6,8-10,12-13,23,27-28,30H,5,7,11,14H2,1-4H3;6,8-12,14,23,27,29H,5,7,13,15H2,1-4H3/b16-9+;16-8+;17-10+. The first-order valence-electron chi connectivity index (χ1n) is 32.0. The third-order valence-corrected chi connectivity index (χ3v) is 17.0. The maximum atomic E-state index is 13.0. The van der Waals surface area contributed by atoms with Crippen LogP contribution in [-0.4, -0.2) is 65.3 Å². The van der Waals surface area contributed by atoms with E-state index in [1.54, 1.807) is 44.2 Å². The smallest absolute Gasteiger partial charge is 0.174 e. The number of fused-ring (bicyclic) bond motifs is 3. The molecule has 6 aromatic carbocycles. The molecule has 9 rings (SSSR count). The quantitative estimate of drug-likeness (QED) is 0.0351. The summed E-state index contributed by atoms with van der Waals surface area (Å²) in [5, 5.41) is 83.9. The molecule has 0 aliphatic carbocycles. The second-order valence-corrected chi connectivity index (χ2v) is 25.6. The molecule has 0 spiro atoms. The SMILES string of the molecule is CC(C)=CCC/C(C)=C/Cc1c(O)cc2c(c1O)C(=O)CC(c1ccc(C)c(O)c1)O2.CC(C)=CCC/C(C)=C/Cc1c(O)cc2c(c1O)C(=O)CC(c1ccc(C)cc1)O2.COc1cc(C2CC(=O)c3c(cc(O)c(C/C=C(\C)CCC=C(C)C)c3O)O2)cc(C)c1O. The van der Waals surface area contributed by atoms with Gasteiger partial charge in [0, 0.05) is 34.9 Å². The zero-order chi connectivity index (χ0) is 68.8. The Kier molecular flexibility index (Phi) is 24.7. The minimum Gasteiger partial charge on any atom is -0.508 e. The van der Waals surface area contributed by atoms with Gasteiger partial charge in [0.2, 0.25) is 0 Å². The van der Waals surface area contributed by atoms with Gasteiger partial charge in [0.15, 0.2) is 28.8 Å². The summed E-state index contributed by atoms with van der Waals surface area (Å²) < 4.78 is 23.1. The number of phenols is 8. The molecular weight excluding hydrogens is 1190 g/mol. The van der Waals surface area contributed by atoms with Gasteiger partial charge in [-0.1, -0.05) is 112 Å². The summed E-state index contributed by atoms with van der Waals surface area (Å²) in [4.78, 5) is 38.6. The van der Waals surface area contributed by atoms with Crippen LogP contribution >= 0.6 is 0 Å². The number of carbonyl (C=O) groups is 3. The number of Topliss-reactive ketones (excluding diaryl/α,β-unsaturated/α-hetero) is 3. The van der Waals surface area contributed by atoms with Gasteiger partial charge in [0.25, 0.3) is 0 Å². The van der Waals surface area contributed by atoms with Crippen molar-refractivity contribution in [3.8, 4) is 69.0 Å². The molecule has 15 heteroatoms. The van der Waals surface area contributed by atoms with E-state index in [1.165, 1.54) is 47.6 Å². The molecule has 6 aromatic rings. The van der Waals surface area contributed by atoms with Crippen LogP contribution < -0.4 is 18.9 Å². The van der Waals surface area contributed by atoms with Gasteiger partial charge in [0.05, 0.1) is 26.4 Å². The first-order chi connectivity index (χ1) is 44.5. The number of hydrogen-bond donors (Lipinski definition) is 8. The summed E-state index contributed by atoms with van der Waals surface area (Å²) in [6.07, 6.45) is 17.6. The van der Waals surface area contributed by atoms with E-state index in [-0.39, 0.29) is 117 Å². The van der Waals surface area contributed by atoms with Crippen LogP contribution in [0.15, 0.2) is 143 Å². The Bertz CT molecular complexity index is 3990. The van der Waals surface area contributed by atoms with Crippen molar-refractivity contribution in [3.63, 3.8) is 0 Å². The summed E-state index contributed by atoms with van der Waals surface area (Å²) in [5.74, 6) is -0.624. The van der Waals surface area contributed by atoms with E-state index in [0.717, 1.165) is 66.4 Å². The lowest BCUT2D eigenvalue weighted by atomic mass is 9.92. The summed E-state index contributed by atoms with van der Waals surface area (Å²) in [7, 11) is 1.45. The van der Waals surface area contributed by atoms with Crippen LogP contribution in [0.2, 0.25) is 0 Å². The van der Waals surface area contributed by atoms with E-state index in [1.807, 2.05) is 70.2 Å². The maximum Gasteiger partial charge on any atom is 0.174 e. The zero-order valence-corrected chi connectivity index (χ0v) is 56.5. The third kappa shape index (κ3) is 18.4. The van der Waals surface area contributed by atoms with Gasteiger partial charge >= 0.3 is 0 Å². The van der Waals surface area contributed by atoms with Crippen LogP contribution in [0, 0.1) is 20.8 Å². The molecule has 8 N–H and O–H groups in total. The summed E-state index contributed by atoms with van der Waals surface area (Å²) >= 11 is 0. The van der Waals surface area contributed by atoms with E-state index >= 15 is 0 Å². The van der Waals surface area contributed by atoms with E-state index in [4.69, 9.17) is 18.9 Å². The lowest BCUT2D eigenvalue weighted by Crippen LogP contribution is -2.21. The second kappa shape index (κ2) is 32.3. The second-order valence-electron chi connectivity index (χ2n) is 25.6. The first-order valence-corrected chi connectivity index (χ1v) is 32.0. The fourth-order valence-electron chi connectivity index (χ4n) is 11.3. The van der Waals surface area contributed by atoms with E-state index in [0.29, 0.717) is 58.4 Å². The van der Waals surface area contributed by atoms with Crippen LogP contribution in [0.1, 0.15) is 220 Å². The lowest BCUT2D eigenvalue weighted by Gasteiger charge is -2.27. The number of carbonyl (C=O) groups excluding carboxylic acids is 3. The third-order valence-electron chi connectivity index (χ3n) is 17.0. The van der Waals surface area contributed by atoms with Crippen molar-refractivity contribution in [1.82, 2.24) is 0 Å². The molecule has 3 aliphatic heterocycles. The number of ketones is 3. The molecule has 3 atom stereocenters. The van der Waals surface area contributed by atoms with Gasteiger partial charge in [0.1, 0.15) is 92.5 Å². The fourth-order valence-corrected chi connectivity index (χ4v) is 11.3. The highest BCUT2D eigenvalue weighted by Crippen LogP contribution is 2.49. The Morgan fingerprint density at radius 1 is 0.415 bits per heavy atom. The van der Waals surface area contributed by atoms with Crippen molar-refractivity contribution in [2.75, 3.05) is 7.11 Å². The Labute approximate surface area is 553 Å². The molecule has 0 aromatic heterocycles. The molecule has 498 valence electrons. The molecule has 3 aliphatic rings. The van der Waals surface area contributed by atoms with Crippen molar-refractivity contribution in [2.45, 2.75) is 178 Å². The highest BCUT2D eigenvalue weighted by Gasteiger charge is 2.36. The Morgan fingerprint density at radius 3 is 1.12 bits per heavy atom. The van der Waals surface area contributed by atoms with Crippen LogP contribution in [0.25, 0.3) is 0 Å². The Hall–Kier alpha value is -9.63. The maximum absolute atomic E-state index is 13.0. The largest absolute Gasteiger partial charge is 0.508 e. The molecule has 0 saturated carbocycles. The monoisotopic (exact) mass is 1280 g/mol. The van der Waals surface area contributed by atoms with Gasteiger partial charge in [-0.2, -0.15) is 0 Å². The normalized spacial score (nSPS) is 15.9. The molecule has 94 heavy (non-hydrogen) atoms. The number of rotatable bonds is 19. The number of hydrogen-bond acceptors (Lipinski definition) is 15. The number of aryl methyl sites for hydroxylation is 3. The van der Waals surface area contributed by atoms with Gasteiger partial charge in [-0.15, -0.1) is 0 Å². The summed E-state index contributed by atoms with van der Waals surface area (Å²) in [6.45, 7) is 24.0. The van der Waals surface area contributed by atoms with Crippen molar-refractivity contribution in [3.05, 3.63) is 209 Å². The van der Waals surface area contributed by atoms with Crippen molar-refractivity contribution < 1.29 is 74.2 Å². The molecular formula is C79H92O15. The molecule has 0 amide bonds. The average Bonchev–Trinajstić information content (AvgIpc) is 0.783. The number of allylic oxidation sites excluding steroid dienone is 12. The topological polar surface area (TPSA) is 250 Å². The molecule has 3 heterocycles. The van der Waals surface area contributed by atoms with Crippen molar-refractivity contribution >= 4 is 17.3 Å². The molecule has 0 fully saturated rings. The zero-order valence-electron chi connectivity index (χ0n) is 56.5. The van der Waals surface area contributed by atoms with Gasteiger partial charge in [-0.3, -0.25) is 14.4 Å². The van der Waals surface area contributed by atoms with Gasteiger partial charge in [-0.05, 0) is 187 Å². The van der Waals surface area contributed by atoms with Crippen LogP contribution in [0.3, 0.4) is 0 Å². The van der Waals surface area contributed by atoms with E-state index in [9.17, 15) is 55.2 Å². The number of aromatic hydroxyl groups is 8. The minimum atomic E-state index is -0.625. The first kappa shape index (κ1) is 71.8. The molecule has 0 radical (unpaired) electrons. The van der Waals surface area contributed by atoms with Crippen LogP contribution in [-0.2, 0) is 19.3 Å². The van der Waals surface area contributed by atoms with Crippen molar-refractivity contribution in [1.29, 1.82) is 0 Å². The number of benzene rings is 6. The van der Waals surface area contributed by atoms with Crippen LogP contribution in [0.5, 0.6) is 69.0 Å². The number of ether oxygens (including phenoxy) is 4. The highest BCUT2D eigenvalue weighted by molar-refractivity contribution is 6.05. The molecule has 0 bridgehead atoms. The average molecular weight is 1280 g/mol. The Balaban J connectivity index is 0.000000200. The summed E-state index contributed by atoms with van der Waals surface area (Å²) in [6, 6.07) is 20.6. The van der Waals surface area contributed by atoms with Crippen molar-refractivity contribution in [2.24, 2.45) is 0 Å². The Morgan fingerprint density at radius 2 is 0.766 bits per heavy atom. The predicted molar refractivity (Wildman–Crippen MR) is 368 cm³/mol. The minimum absolute atomic E-state index is 0.0235.